The number of anilines is 1. The molecule has 0 amide bonds. The van der Waals surface area contributed by atoms with Gasteiger partial charge in [-0.2, -0.15) is 5.10 Å². The van der Waals surface area contributed by atoms with Gasteiger partial charge in [-0.05, 0) is 37.7 Å². The Balaban J connectivity index is 1.70. The van der Waals surface area contributed by atoms with Crippen molar-refractivity contribution in [1.82, 2.24) is 29.4 Å². The fourth-order valence-electron chi connectivity index (χ4n) is 3.86. The first-order valence-electron chi connectivity index (χ1n) is 9.16. The van der Waals surface area contributed by atoms with E-state index >= 15 is 0 Å². The number of nitrogens with zero attached hydrogens (tertiary/aromatic N) is 6. The Morgan fingerprint density at radius 3 is 2.96 bits per heavy atom. The molecule has 0 fully saturated rings. The SMILES string of the molecule is CCC1CCc2c(sc3ncn4nc(-c5nn(CC)cc5N)nc4c23)C1. The zero-order valence-electron chi connectivity index (χ0n) is 14.9. The minimum atomic E-state index is 0.561. The Labute approximate surface area is 154 Å². The second kappa shape index (κ2) is 5.77. The van der Waals surface area contributed by atoms with Crippen LogP contribution in [0.5, 0.6) is 0 Å². The summed E-state index contributed by atoms with van der Waals surface area (Å²) in [6.07, 6.45) is 8.32. The number of aryl methyl sites for hydroxylation is 2. The van der Waals surface area contributed by atoms with Gasteiger partial charge >= 0.3 is 0 Å². The van der Waals surface area contributed by atoms with E-state index in [2.05, 4.69) is 22.1 Å². The summed E-state index contributed by atoms with van der Waals surface area (Å²) in [6, 6.07) is 0. The molecule has 0 bridgehead atoms. The van der Waals surface area contributed by atoms with Crippen LogP contribution in [0.15, 0.2) is 12.5 Å². The molecule has 1 atom stereocenters. The lowest BCUT2D eigenvalue weighted by Crippen LogP contribution is -2.11. The Morgan fingerprint density at radius 2 is 2.19 bits per heavy atom. The van der Waals surface area contributed by atoms with Gasteiger partial charge in [-0.1, -0.05) is 13.3 Å². The van der Waals surface area contributed by atoms with Crippen molar-refractivity contribution in [3.05, 3.63) is 23.0 Å². The first-order valence-corrected chi connectivity index (χ1v) is 9.98. The highest BCUT2D eigenvalue weighted by Gasteiger charge is 2.25. The predicted octanol–water partition coefficient (Wildman–Crippen LogP) is 3.32. The van der Waals surface area contributed by atoms with Gasteiger partial charge in [-0.3, -0.25) is 4.68 Å². The fourth-order valence-corrected chi connectivity index (χ4v) is 5.16. The zero-order valence-corrected chi connectivity index (χ0v) is 15.8. The van der Waals surface area contributed by atoms with Crippen molar-refractivity contribution in [2.45, 2.75) is 46.1 Å². The van der Waals surface area contributed by atoms with Crippen molar-refractivity contribution in [3.63, 3.8) is 0 Å². The van der Waals surface area contributed by atoms with Crippen molar-refractivity contribution >= 4 is 32.9 Å². The van der Waals surface area contributed by atoms with Crippen LogP contribution in [0.2, 0.25) is 0 Å². The number of nitrogen functional groups attached to an aromatic ring is 1. The Bertz CT molecular complexity index is 1120. The van der Waals surface area contributed by atoms with Crippen LogP contribution in [0.1, 0.15) is 37.1 Å². The van der Waals surface area contributed by atoms with Crippen molar-refractivity contribution in [1.29, 1.82) is 0 Å². The Hall–Kier alpha value is -2.48. The lowest BCUT2D eigenvalue weighted by atomic mass is 9.86. The highest BCUT2D eigenvalue weighted by molar-refractivity contribution is 7.19. The third-order valence-corrected chi connectivity index (χ3v) is 6.55. The molecule has 0 aromatic carbocycles. The maximum Gasteiger partial charge on any atom is 0.204 e. The van der Waals surface area contributed by atoms with E-state index in [1.807, 2.05) is 29.1 Å². The summed E-state index contributed by atoms with van der Waals surface area (Å²) >= 11 is 1.81. The fraction of sp³-hybridized carbons (Fsp3) is 0.444. The van der Waals surface area contributed by atoms with E-state index in [-0.39, 0.29) is 0 Å². The molecule has 0 spiro atoms. The lowest BCUT2D eigenvalue weighted by molar-refractivity contribution is 0.451. The number of hydrogen-bond donors (Lipinski definition) is 1. The normalized spacial score (nSPS) is 17.2. The van der Waals surface area contributed by atoms with Gasteiger partial charge < -0.3 is 5.73 Å². The average molecular weight is 367 g/mol. The third-order valence-electron chi connectivity index (χ3n) is 5.39. The minimum absolute atomic E-state index is 0.561. The highest BCUT2D eigenvalue weighted by atomic mass is 32.1. The molecule has 7 nitrogen and oxygen atoms in total. The van der Waals surface area contributed by atoms with Crippen LogP contribution < -0.4 is 5.73 Å². The van der Waals surface area contributed by atoms with Gasteiger partial charge in [-0.15, -0.1) is 16.4 Å². The maximum absolute atomic E-state index is 6.12. The molecule has 4 heterocycles. The first-order chi connectivity index (χ1) is 12.7. The molecule has 4 aromatic rings. The predicted molar refractivity (Wildman–Crippen MR) is 103 cm³/mol. The summed E-state index contributed by atoms with van der Waals surface area (Å²) in [5.74, 6) is 1.35. The van der Waals surface area contributed by atoms with Crippen LogP contribution in [0.4, 0.5) is 5.69 Å². The number of hydrogen-bond acceptors (Lipinski definition) is 6. The van der Waals surface area contributed by atoms with E-state index in [0.717, 1.165) is 41.2 Å². The zero-order chi connectivity index (χ0) is 17.8. The van der Waals surface area contributed by atoms with Crippen LogP contribution in [0.25, 0.3) is 27.4 Å². The number of aromatic nitrogens is 6. The van der Waals surface area contributed by atoms with Crippen molar-refractivity contribution < 1.29 is 0 Å². The standard InChI is InChI=1S/C18H21N7S/c1-3-10-5-6-11-13(7-10)26-18-14(11)17-21-16(23-25(17)9-20-18)15-12(19)8-24(4-2)22-15/h8-10H,3-7,19H2,1-2H3. The van der Waals surface area contributed by atoms with Crippen molar-refractivity contribution in [2.24, 2.45) is 5.92 Å². The summed E-state index contributed by atoms with van der Waals surface area (Å²) in [5.41, 5.74) is 9.64. The molecule has 5 rings (SSSR count). The molecule has 4 aromatic heterocycles. The third kappa shape index (κ3) is 2.25. The van der Waals surface area contributed by atoms with Gasteiger partial charge in [0.2, 0.25) is 5.82 Å². The summed E-state index contributed by atoms with van der Waals surface area (Å²) in [4.78, 5) is 12.0. The van der Waals surface area contributed by atoms with Crippen LogP contribution in [0.3, 0.4) is 0 Å². The molecule has 1 aliphatic carbocycles. The second-order valence-electron chi connectivity index (χ2n) is 6.94. The van der Waals surface area contributed by atoms with Crippen LogP contribution in [-0.2, 0) is 19.4 Å². The van der Waals surface area contributed by atoms with Crippen molar-refractivity contribution in [3.8, 4) is 11.5 Å². The van der Waals surface area contributed by atoms with Crippen molar-refractivity contribution in [2.75, 3.05) is 5.73 Å². The molecule has 1 aliphatic rings. The molecular formula is C18H21N7S. The molecule has 0 radical (unpaired) electrons. The molecule has 26 heavy (non-hydrogen) atoms. The largest absolute Gasteiger partial charge is 0.396 e. The molecule has 1 unspecified atom stereocenters. The van der Waals surface area contributed by atoms with Gasteiger partial charge in [0.05, 0.1) is 11.1 Å². The van der Waals surface area contributed by atoms with Gasteiger partial charge in [0.1, 0.15) is 11.2 Å². The Kier molecular flexibility index (Phi) is 3.49. The van der Waals surface area contributed by atoms with Crippen LogP contribution >= 0.6 is 11.3 Å². The molecule has 8 heteroatoms. The monoisotopic (exact) mass is 367 g/mol. The van der Waals surface area contributed by atoms with Crippen LogP contribution in [0, 0.1) is 5.92 Å². The number of thiophene rings is 1. The molecule has 0 saturated carbocycles. The molecule has 134 valence electrons. The Morgan fingerprint density at radius 1 is 1.31 bits per heavy atom. The van der Waals surface area contributed by atoms with E-state index < -0.39 is 0 Å². The lowest BCUT2D eigenvalue weighted by Gasteiger charge is -2.20. The summed E-state index contributed by atoms with van der Waals surface area (Å²) in [7, 11) is 0. The van der Waals surface area contributed by atoms with Gasteiger partial charge in [-0.25, -0.2) is 14.5 Å². The number of nitrogens with two attached hydrogens (primary N) is 1. The maximum atomic E-state index is 6.12. The van der Waals surface area contributed by atoms with Gasteiger partial charge in [0, 0.05) is 17.6 Å². The second-order valence-corrected chi connectivity index (χ2v) is 8.02. The summed E-state index contributed by atoms with van der Waals surface area (Å²) in [6.45, 7) is 5.08. The smallest absolute Gasteiger partial charge is 0.204 e. The molecule has 2 N–H and O–H groups in total. The minimum Gasteiger partial charge on any atom is -0.396 e. The molecule has 0 aliphatic heterocycles. The summed E-state index contributed by atoms with van der Waals surface area (Å²) in [5, 5.41) is 10.3. The van der Waals surface area contributed by atoms with E-state index in [0.29, 0.717) is 17.2 Å². The van der Waals surface area contributed by atoms with E-state index in [4.69, 9.17) is 10.7 Å². The molecule has 0 saturated heterocycles. The first kappa shape index (κ1) is 15.7. The van der Waals surface area contributed by atoms with Gasteiger partial charge in [0.15, 0.2) is 11.3 Å². The quantitative estimate of drug-likeness (QED) is 0.600. The van der Waals surface area contributed by atoms with Crippen LogP contribution in [-0.4, -0.2) is 29.4 Å². The average Bonchev–Trinajstić information content (AvgIpc) is 3.33. The van der Waals surface area contributed by atoms with E-state index in [9.17, 15) is 0 Å². The molecular weight excluding hydrogens is 346 g/mol. The highest BCUT2D eigenvalue weighted by Crippen LogP contribution is 2.39. The number of rotatable bonds is 3. The topological polar surface area (TPSA) is 86.9 Å². The summed E-state index contributed by atoms with van der Waals surface area (Å²) < 4.78 is 3.57. The van der Waals surface area contributed by atoms with E-state index in [1.54, 1.807) is 10.8 Å². The van der Waals surface area contributed by atoms with E-state index in [1.165, 1.54) is 23.3 Å². The van der Waals surface area contributed by atoms with Gasteiger partial charge in [0.25, 0.3) is 0 Å². The number of fused-ring (bicyclic) bond motifs is 5.